The second-order valence-corrected chi connectivity index (χ2v) is 21.9. The first-order valence-electron chi connectivity index (χ1n) is 25.1. The van der Waals surface area contributed by atoms with Crippen molar-refractivity contribution in [2.45, 2.75) is 202 Å². The van der Waals surface area contributed by atoms with E-state index in [4.69, 9.17) is 19.3 Å². The van der Waals surface area contributed by atoms with Crippen LogP contribution in [0.15, 0.2) is 11.6 Å². The average Bonchev–Trinajstić information content (AvgIpc) is 3.66. The maximum Gasteiger partial charge on any atom is 0.407 e. The van der Waals surface area contributed by atoms with Crippen molar-refractivity contribution in [1.82, 2.24) is 21.3 Å². The van der Waals surface area contributed by atoms with Crippen LogP contribution >= 0.6 is 0 Å². The maximum atomic E-state index is 12.9. The zero-order chi connectivity index (χ0) is 47.4. The summed E-state index contributed by atoms with van der Waals surface area (Å²) in [6, 6.07) is -1.94. The van der Waals surface area contributed by atoms with Gasteiger partial charge in [0.05, 0.1) is 30.8 Å². The van der Waals surface area contributed by atoms with Gasteiger partial charge in [0.15, 0.2) is 0 Å². The zero-order valence-corrected chi connectivity index (χ0v) is 41.6. The molecule has 13 nitrogen and oxygen atoms in total. The third kappa shape index (κ3) is 15.4. The molecule has 0 spiro atoms. The summed E-state index contributed by atoms with van der Waals surface area (Å²) in [6.07, 6.45) is 17.0. The highest BCUT2D eigenvalue weighted by molar-refractivity contribution is 5.90. The Hall–Kier alpha value is -3.19. The van der Waals surface area contributed by atoms with Gasteiger partial charge in [-0.15, -0.1) is 0 Å². The summed E-state index contributed by atoms with van der Waals surface area (Å²) < 4.78 is 18.0. The topological polar surface area (TPSA) is 181 Å². The minimum atomic E-state index is -1.16. The summed E-state index contributed by atoms with van der Waals surface area (Å²) in [7, 11) is 0. The SMILES string of the molecule is CCC(CC[C@@H](C)[C@H]1CC[C@@H]2C1CC[C@H]1[C@H]2CC=C2C[C@@H](OC(=O)NCCNC(=O)CCC(C)(C)OCCC(C)(C)OCCC(=O)N[C@@H](C)C(=O)N[C@@H](C)C(=O)O)CC[C@@]21C)C(C)C. The Morgan fingerprint density at radius 1 is 0.781 bits per heavy atom. The van der Waals surface area contributed by atoms with Crippen molar-refractivity contribution >= 4 is 29.8 Å². The molecule has 0 aromatic rings. The minimum Gasteiger partial charge on any atom is -0.480 e. The molecule has 366 valence electrons. The Labute approximate surface area is 385 Å². The van der Waals surface area contributed by atoms with Crippen LogP contribution in [0.25, 0.3) is 0 Å². The van der Waals surface area contributed by atoms with E-state index < -0.39 is 41.3 Å². The summed E-state index contributed by atoms with van der Waals surface area (Å²) in [5.74, 6) is 4.46. The molecule has 0 heterocycles. The number of amides is 4. The van der Waals surface area contributed by atoms with E-state index in [0.29, 0.717) is 26.0 Å². The maximum absolute atomic E-state index is 12.9. The lowest BCUT2D eigenvalue weighted by Gasteiger charge is -2.55. The summed E-state index contributed by atoms with van der Waals surface area (Å²) in [4.78, 5) is 60.9. The molecule has 4 amide bonds. The van der Waals surface area contributed by atoms with E-state index in [1.165, 1.54) is 70.8 Å². The van der Waals surface area contributed by atoms with Gasteiger partial charge in [0, 0.05) is 25.9 Å². The Morgan fingerprint density at radius 3 is 2.14 bits per heavy atom. The van der Waals surface area contributed by atoms with Gasteiger partial charge in [-0.25, -0.2) is 4.79 Å². The van der Waals surface area contributed by atoms with E-state index >= 15 is 0 Å². The molecule has 4 rings (SSSR count). The molecule has 64 heavy (non-hydrogen) atoms. The highest BCUT2D eigenvalue weighted by atomic mass is 16.6. The number of hydrogen-bond acceptors (Lipinski definition) is 8. The molecule has 0 bridgehead atoms. The van der Waals surface area contributed by atoms with Gasteiger partial charge in [-0.3, -0.25) is 19.2 Å². The minimum absolute atomic E-state index is 0.0339. The number of allylic oxidation sites excluding steroid dienone is 1. The first-order valence-corrected chi connectivity index (χ1v) is 25.1. The van der Waals surface area contributed by atoms with Gasteiger partial charge in [0.2, 0.25) is 17.7 Å². The highest BCUT2D eigenvalue weighted by Gasteiger charge is 2.55. The van der Waals surface area contributed by atoms with Gasteiger partial charge in [-0.2, -0.15) is 0 Å². The number of carbonyl (C=O) groups is 5. The summed E-state index contributed by atoms with van der Waals surface area (Å²) in [6.45, 7) is 23.9. The number of hydrogen-bond donors (Lipinski definition) is 5. The van der Waals surface area contributed by atoms with Crippen molar-refractivity contribution in [3.63, 3.8) is 0 Å². The van der Waals surface area contributed by atoms with Crippen molar-refractivity contribution < 1.29 is 43.3 Å². The third-order valence-corrected chi connectivity index (χ3v) is 16.1. The smallest absolute Gasteiger partial charge is 0.407 e. The normalized spacial score (nSPS) is 27.4. The van der Waals surface area contributed by atoms with Crippen LogP contribution in [0.3, 0.4) is 0 Å². The van der Waals surface area contributed by atoms with Crippen molar-refractivity contribution in [3.8, 4) is 0 Å². The molecule has 0 radical (unpaired) electrons. The summed E-state index contributed by atoms with van der Waals surface area (Å²) in [5.41, 5.74) is 0.586. The third-order valence-electron chi connectivity index (χ3n) is 16.1. The van der Waals surface area contributed by atoms with E-state index in [1.807, 2.05) is 27.7 Å². The van der Waals surface area contributed by atoms with Gasteiger partial charge < -0.3 is 40.6 Å². The molecule has 3 saturated carbocycles. The van der Waals surface area contributed by atoms with Crippen LogP contribution in [0.4, 0.5) is 4.79 Å². The fourth-order valence-electron chi connectivity index (χ4n) is 11.8. The van der Waals surface area contributed by atoms with E-state index in [-0.39, 0.29) is 49.3 Å². The largest absolute Gasteiger partial charge is 0.480 e. The summed E-state index contributed by atoms with van der Waals surface area (Å²) in [5, 5.41) is 19.6. The van der Waals surface area contributed by atoms with Gasteiger partial charge in [-0.05, 0) is 159 Å². The average molecular weight is 901 g/mol. The Bertz CT molecular complexity index is 1600. The van der Waals surface area contributed by atoms with Gasteiger partial charge in [-0.1, -0.05) is 59.1 Å². The molecule has 13 heteroatoms. The van der Waals surface area contributed by atoms with Crippen LogP contribution in [-0.2, 0) is 33.4 Å². The predicted octanol–water partition coefficient (Wildman–Crippen LogP) is 8.73. The van der Waals surface area contributed by atoms with E-state index in [1.54, 1.807) is 0 Å². The summed E-state index contributed by atoms with van der Waals surface area (Å²) >= 11 is 0. The zero-order valence-electron chi connectivity index (χ0n) is 41.6. The molecular weight excluding hydrogens is 813 g/mol. The molecule has 0 aromatic heterocycles. The second-order valence-electron chi connectivity index (χ2n) is 21.9. The van der Waals surface area contributed by atoms with Crippen LogP contribution in [-0.4, -0.2) is 90.6 Å². The molecule has 5 N–H and O–H groups in total. The molecular formula is C51H88N4O9. The standard InChI is InChI=1S/C51H88N4O9/c1-12-36(32(2)3)14-13-33(4)39-17-18-41-40(39)19-20-43-42(41)16-15-37-31-38(21-25-51(37,43)11)64-48(61)53-28-27-52-44(56)22-24-49(7,8)63-30-26-50(9,10)62-29-23-45(57)54-34(5)46(58)55-35(6)47(59)60/h15,32-36,38-43H,12-14,16-31H2,1-11H3,(H,52,56)(H,53,61)(H,54,57)(H,55,58)(H,59,60)/t33-,34+,35+,36?,38+,39-,40?,41-,42+,43+,51+/m1/s1. The number of nitrogens with one attached hydrogen (secondary N) is 4. The van der Waals surface area contributed by atoms with Crippen molar-refractivity contribution in [2.75, 3.05) is 26.3 Å². The quantitative estimate of drug-likeness (QED) is 0.0442. The number of carboxylic acids is 1. The first kappa shape index (κ1) is 53.4. The predicted molar refractivity (Wildman–Crippen MR) is 250 cm³/mol. The number of aliphatic carboxylic acids is 1. The molecule has 0 aliphatic heterocycles. The van der Waals surface area contributed by atoms with Crippen LogP contribution in [0.1, 0.15) is 172 Å². The Kier molecular flexibility index (Phi) is 20.0. The van der Waals surface area contributed by atoms with Crippen LogP contribution in [0.5, 0.6) is 0 Å². The van der Waals surface area contributed by atoms with Crippen molar-refractivity contribution in [3.05, 3.63) is 11.6 Å². The van der Waals surface area contributed by atoms with Crippen molar-refractivity contribution in [2.24, 2.45) is 52.8 Å². The first-order chi connectivity index (χ1) is 30.1. The fourth-order valence-corrected chi connectivity index (χ4v) is 11.8. The number of carboxylic acid groups (broad SMARTS) is 1. The van der Waals surface area contributed by atoms with E-state index in [9.17, 15) is 24.0 Å². The molecule has 0 saturated heterocycles. The van der Waals surface area contributed by atoms with Crippen molar-refractivity contribution in [1.29, 1.82) is 0 Å². The van der Waals surface area contributed by atoms with Gasteiger partial charge >= 0.3 is 12.1 Å². The number of fused-ring (bicyclic) bond motifs is 5. The Morgan fingerprint density at radius 2 is 1.45 bits per heavy atom. The van der Waals surface area contributed by atoms with Gasteiger partial charge in [0.25, 0.3) is 0 Å². The number of ether oxygens (including phenoxy) is 3. The molecule has 4 aliphatic rings. The molecule has 11 atom stereocenters. The van der Waals surface area contributed by atoms with Crippen LogP contribution in [0.2, 0.25) is 0 Å². The number of rotatable bonds is 25. The second kappa shape index (κ2) is 24.0. The fraction of sp³-hybridized carbons (Fsp3) is 0.863. The molecule has 2 unspecified atom stereocenters. The lowest BCUT2D eigenvalue weighted by molar-refractivity contribution is -0.141. The monoisotopic (exact) mass is 901 g/mol. The molecule has 3 fully saturated rings. The molecule has 0 aromatic carbocycles. The lowest BCUT2D eigenvalue weighted by atomic mass is 9.50. The number of carbonyl (C=O) groups excluding carboxylic acids is 4. The van der Waals surface area contributed by atoms with E-state index in [2.05, 4.69) is 62.0 Å². The van der Waals surface area contributed by atoms with Gasteiger partial charge in [0.1, 0.15) is 18.2 Å². The Balaban J connectivity index is 1.08. The molecule has 4 aliphatic carbocycles. The van der Waals surface area contributed by atoms with E-state index in [0.717, 1.165) is 66.6 Å². The highest BCUT2D eigenvalue weighted by Crippen LogP contribution is 2.63. The number of alkyl carbamates (subject to hydrolysis) is 1. The van der Waals surface area contributed by atoms with Crippen LogP contribution in [0, 0.1) is 52.8 Å². The van der Waals surface area contributed by atoms with Crippen LogP contribution < -0.4 is 21.3 Å². The lowest BCUT2D eigenvalue weighted by Crippen LogP contribution is -2.49.